The molecular formula is C14H18N2O3S. The van der Waals surface area contributed by atoms with Crippen LogP contribution in [-0.2, 0) is 14.6 Å². The summed E-state index contributed by atoms with van der Waals surface area (Å²) >= 11 is 0. The lowest BCUT2D eigenvalue weighted by Gasteiger charge is -2.13. The first-order chi connectivity index (χ1) is 9.46. The van der Waals surface area contributed by atoms with Gasteiger partial charge in [-0.3, -0.25) is 4.79 Å². The Hall–Kier alpha value is -1.66. The molecule has 6 heteroatoms. The summed E-state index contributed by atoms with van der Waals surface area (Å²) in [6, 6.07) is 8.97. The number of sulfone groups is 1. The second kappa shape index (κ2) is 6.19. The molecule has 0 fully saturated rings. The Bertz CT molecular complexity index is 596. The molecule has 0 saturated heterocycles. The van der Waals surface area contributed by atoms with Gasteiger partial charge in [0.15, 0.2) is 9.84 Å². The standard InChI is InChI=1S/C14H18N2O3S/c15-13(11-4-2-1-3-5-11)6-7-14(17)16-12-8-9-20(18,19)10-12/h1-5,8-9,12-13H,6-7,10,15H2,(H,16,17). The van der Waals surface area contributed by atoms with Crippen molar-refractivity contribution < 1.29 is 13.2 Å². The predicted molar refractivity (Wildman–Crippen MR) is 77.5 cm³/mol. The number of rotatable bonds is 5. The number of amides is 1. The van der Waals surface area contributed by atoms with Crippen LogP contribution in [0.25, 0.3) is 0 Å². The van der Waals surface area contributed by atoms with Crippen LogP contribution in [0.3, 0.4) is 0 Å². The average molecular weight is 294 g/mol. The third-order valence-electron chi connectivity index (χ3n) is 3.19. The van der Waals surface area contributed by atoms with Gasteiger partial charge < -0.3 is 11.1 Å². The normalized spacial score (nSPS) is 21.6. The van der Waals surface area contributed by atoms with Gasteiger partial charge in [-0.2, -0.15) is 0 Å². The van der Waals surface area contributed by atoms with Gasteiger partial charge in [-0.1, -0.05) is 30.3 Å². The van der Waals surface area contributed by atoms with E-state index in [-0.39, 0.29) is 24.1 Å². The fourth-order valence-electron chi connectivity index (χ4n) is 2.10. The molecule has 1 amide bonds. The zero-order chi connectivity index (χ0) is 14.6. The van der Waals surface area contributed by atoms with Crippen molar-refractivity contribution in [3.63, 3.8) is 0 Å². The summed E-state index contributed by atoms with van der Waals surface area (Å²) in [4.78, 5) is 11.8. The maximum absolute atomic E-state index is 11.8. The van der Waals surface area contributed by atoms with Crippen molar-refractivity contribution in [3.8, 4) is 0 Å². The molecule has 0 saturated carbocycles. The summed E-state index contributed by atoms with van der Waals surface area (Å²) in [7, 11) is -3.14. The lowest BCUT2D eigenvalue weighted by atomic mass is 10.0. The van der Waals surface area contributed by atoms with E-state index in [1.54, 1.807) is 0 Å². The molecule has 1 aliphatic heterocycles. The molecule has 1 aromatic carbocycles. The van der Waals surface area contributed by atoms with Gasteiger partial charge >= 0.3 is 0 Å². The van der Waals surface area contributed by atoms with Gasteiger partial charge in [0.25, 0.3) is 0 Å². The summed E-state index contributed by atoms with van der Waals surface area (Å²) in [5.41, 5.74) is 6.99. The summed E-state index contributed by atoms with van der Waals surface area (Å²) in [6.45, 7) is 0. The number of benzene rings is 1. The molecule has 2 rings (SSSR count). The van der Waals surface area contributed by atoms with Crippen LogP contribution in [0.4, 0.5) is 0 Å². The van der Waals surface area contributed by atoms with Crippen molar-refractivity contribution in [2.75, 3.05) is 5.75 Å². The third kappa shape index (κ3) is 4.18. The van der Waals surface area contributed by atoms with Gasteiger partial charge in [0.1, 0.15) is 0 Å². The minimum Gasteiger partial charge on any atom is -0.349 e. The first-order valence-electron chi connectivity index (χ1n) is 6.47. The molecule has 2 unspecified atom stereocenters. The number of carbonyl (C=O) groups excluding carboxylic acids is 1. The molecule has 3 N–H and O–H groups in total. The second-order valence-corrected chi connectivity index (χ2v) is 6.82. The molecule has 1 aliphatic rings. The Labute approximate surface area is 118 Å². The maximum atomic E-state index is 11.8. The van der Waals surface area contributed by atoms with E-state index in [1.165, 1.54) is 6.08 Å². The van der Waals surface area contributed by atoms with Crippen molar-refractivity contribution in [3.05, 3.63) is 47.4 Å². The minimum atomic E-state index is -3.14. The molecular weight excluding hydrogens is 276 g/mol. The number of hydrogen-bond donors (Lipinski definition) is 2. The van der Waals surface area contributed by atoms with E-state index in [9.17, 15) is 13.2 Å². The van der Waals surface area contributed by atoms with E-state index in [1.807, 2.05) is 30.3 Å². The van der Waals surface area contributed by atoms with Crippen LogP contribution in [-0.4, -0.2) is 26.1 Å². The van der Waals surface area contributed by atoms with E-state index in [0.29, 0.717) is 6.42 Å². The molecule has 2 atom stereocenters. The highest BCUT2D eigenvalue weighted by molar-refractivity contribution is 7.94. The van der Waals surface area contributed by atoms with Crippen LogP contribution in [0.2, 0.25) is 0 Å². The molecule has 0 aromatic heterocycles. The molecule has 0 spiro atoms. The Balaban J connectivity index is 1.77. The van der Waals surface area contributed by atoms with Gasteiger partial charge in [-0.25, -0.2) is 8.42 Å². The number of nitrogens with two attached hydrogens (primary N) is 1. The Morgan fingerprint density at radius 2 is 2.05 bits per heavy atom. The number of nitrogens with one attached hydrogen (secondary N) is 1. The van der Waals surface area contributed by atoms with E-state index in [2.05, 4.69) is 5.32 Å². The third-order valence-corrected chi connectivity index (χ3v) is 4.58. The van der Waals surface area contributed by atoms with Gasteiger partial charge in [0.05, 0.1) is 11.8 Å². The molecule has 0 bridgehead atoms. The minimum absolute atomic E-state index is 0.0521. The van der Waals surface area contributed by atoms with E-state index < -0.39 is 15.9 Å². The monoisotopic (exact) mass is 294 g/mol. The zero-order valence-corrected chi connectivity index (χ0v) is 11.8. The Morgan fingerprint density at radius 3 is 2.65 bits per heavy atom. The summed E-state index contributed by atoms with van der Waals surface area (Å²) in [5.74, 6) is -0.230. The van der Waals surface area contributed by atoms with Gasteiger partial charge in [-0.15, -0.1) is 0 Å². The molecule has 1 heterocycles. The first-order valence-corrected chi connectivity index (χ1v) is 8.19. The smallest absolute Gasteiger partial charge is 0.220 e. The quantitative estimate of drug-likeness (QED) is 0.844. The van der Waals surface area contributed by atoms with Crippen LogP contribution >= 0.6 is 0 Å². The highest BCUT2D eigenvalue weighted by atomic mass is 32.2. The van der Waals surface area contributed by atoms with Crippen molar-refractivity contribution in [2.45, 2.75) is 24.9 Å². The first kappa shape index (κ1) is 14.7. The van der Waals surface area contributed by atoms with Crippen molar-refractivity contribution in [1.29, 1.82) is 0 Å². The molecule has 0 aliphatic carbocycles. The summed E-state index contributed by atoms with van der Waals surface area (Å²) in [5, 5.41) is 3.83. The Morgan fingerprint density at radius 1 is 1.35 bits per heavy atom. The maximum Gasteiger partial charge on any atom is 0.220 e. The highest BCUT2D eigenvalue weighted by Gasteiger charge is 2.23. The zero-order valence-electron chi connectivity index (χ0n) is 11.0. The van der Waals surface area contributed by atoms with E-state index in [4.69, 9.17) is 5.73 Å². The molecule has 20 heavy (non-hydrogen) atoms. The van der Waals surface area contributed by atoms with Crippen LogP contribution in [0.5, 0.6) is 0 Å². The van der Waals surface area contributed by atoms with Crippen LogP contribution in [0, 0.1) is 0 Å². The van der Waals surface area contributed by atoms with Crippen molar-refractivity contribution >= 4 is 15.7 Å². The molecule has 5 nitrogen and oxygen atoms in total. The molecule has 108 valence electrons. The lowest BCUT2D eigenvalue weighted by molar-refractivity contribution is -0.121. The molecule has 1 aromatic rings. The summed E-state index contributed by atoms with van der Waals surface area (Å²) < 4.78 is 22.4. The van der Waals surface area contributed by atoms with Gasteiger partial charge in [0, 0.05) is 17.9 Å². The van der Waals surface area contributed by atoms with E-state index in [0.717, 1.165) is 11.0 Å². The fourth-order valence-corrected chi connectivity index (χ4v) is 3.33. The average Bonchev–Trinajstić information content (AvgIpc) is 2.76. The highest BCUT2D eigenvalue weighted by Crippen LogP contribution is 2.15. The van der Waals surface area contributed by atoms with Gasteiger partial charge in [0.2, 0.25) is 5.91 Å². The molecule has 0 radical (unpaired) electrons. The number of hydrogen-bond acceptors (Lipinski definition) is 4. The number of carbonyl (C=O) groups is 1. The summed E-state index contributed by atoms with van der Waals surface area (Å²) in [6.07, 6.45) is 2.31. The van der Waals surface area contributed by atoms with Crippen LogP contribution < -0.4 is 11.1 Å². The van der Waals surface area contributed by atoms with Crippen molar-refractivity contribution in [1.82, 2.24) is 5.32 Å². The van der Waals surface area contributed by atoms with Crippen LogP contribution in [0.15, 0.2) is 41.8 Å². The Kier molecular flexibility index (Phi) is 4.57. The fraction of sp³-hybridized carbons (Fsp3) is 0.357. The second-order valence-electron chi connectivity index (χ2n) is 4.89. The predicted octanol–water partition coefficient (Wildman–Crippen LogP) is 0.893. The van der Waals surface area contributed by atoms with Crippen molar-refractivity contribution in [2.24, 2.45) is 5.73 Å². The van der Waals surface area contributed by atoms with E-state index >= 15 is 0 Å². The van der Waals surface area contributed by atoms with Crippen LogP contribution in [0.1, 0.15) is 24.4 Å². The van der Waals surface area contributed by atoms with Gasteiger partial charge in [-0.05, 0) is 18.1 Å². The topological polar surface area (TPSA) is 89.3 Å². The largest absolute Gasteiger partial charge is 0.349 e. The lowest BCUT2D eigenvalue weighted by Crippen LogP contribution is -2.35. The SMILES string of the molecule is NC(CCC(=O)NC1C=CS(=O)(=O)C1)c1ccccc1.